The Kier molecular flexibility index (Phi) is 3.53. The number of anilines is 1. The van der Waals surface area contributed by atoms with Crippen molar-refractivity contribution in [1.82, 2.24) is 20.2 Å². The number of aromatic nitrogens is 4. The van der Waals surface area contributed by atoms with Crippen LogP contribution >= 0.6 is 11.6 Å². The lowest BCUT2D eigenvalue weighted by atomic mass is 10.1. The summed E-state index contributed by atoms with van der Waals surface area (Å²) in [7, 11) is 0. The van der Waals surface area contributed by atoms with Crippen molar-refractivity contribution in [3.8, 4) is 11.4 Å². The topological polar surface area (TPSA) is 69.6 Å². The van der Waals surface area contributed by atoms with Crippen LogP contribution in [0.25, 0.3) is 11.4 Å². The van der Waals surface area contributed by atoms with Crippen molar-refractivity contribution in [2.75, 3.05) is 5.73 Å². The Bertz CT molecular complexity index is 769. The molecule has 5 nitrogen and oxygen atoms in total. The molecule has 2 aromatic carbocycles. The van der Waals surface area contributed by atoms with Gasteiger partial charge in [0.15, 0.2) is 5.82 Å². The lowest BCUT2D eigenvalue weighted by Crippen LogP contribution is -2.05. The quantitative estimate of drug-likeness (QED) is 0.755. The predicted octanol–water partition coefficient (Wildman–Crippen LogP) is 2.76. The van der Waals surface area contributed by atoms with E-state index in [0.717, 1.165) is 5.56 Å². The van der Waals surface area contributed by atoms with E-state index in [1.54, 1.807) is 22.9 Å². The number of rotatable bonds is 3. The van der Waals surface area contributed by atoms with E-state index in [9.17, 15) is 4.39 Å². The number of nitrogens with zero attached hydrogens (tertiary/aromatic N) is 4. The number of hydrogen-bond acceptors (Lipinski definition) is 4. The standard InChI is InChI=1S/C14H11ClFN5/c15-10-3-1-9(2-4-10)8-21-14(18-19-20-21)12-6-5-11(16)7-13(12)17/h1-7H,8,17H2. The smallest absolute Gasteiger partial charge is 0.184 e. The highest BCUT2D eigenvalue weighted by Crippen LogP contribution is 2.24. The average molecular weight is 304 g/mol. The largest absolute Gasteiger partial charge is 0.398 e. The van der Waals surface area contributed by atoms with Crippen LogP contribution in [0.15, 0.2) is 42.5 Å². The fourth-order valence-electron chi connectivity index (χ4n) is 2.00. The summed E-state index contributed by atoms with van der Waals surface area (Å²) in [6.45, 7) is 0.469. The van der Waals surface area contributed by atoms with Crippen LogP contribution in [0.5, 0.6) is 0 Å². The monoisotopic (exact) mass is 303 g/mol. The van der Waals surface area contributed by atoms with Gasteiger partial charge in [-0.2, -0.15) is 0 Å². The van der Waals surface area contributed by atoms with Crippen molar-refractivity contribution in [3.63, 3.8) is 0 Å². The summed E-state index contributed by atoms with van der Waals surface area (Å²) in [4.78, 5) is 0. The normalized spacial score (nSPS) is 10.8. The van der Waals surface area contributed by atoms with Crippen LogP contribution in [-0.2, 0) is 6.54 Å². The van der Waals surface area contributed by atoms with E-state index in [2.05, 4.69) is 15.5 Å². The summed E-state index contributed by atoms with van der Waals surface area (Å²) in [6, 6.07) is 11.5. The first kappa shape index (κ1) is 13.5. The van der Waals surface area contributed by atoms with Crippen LogP contribution in [0.3, 0.4) is 0 Å². The summed E-state index contributed by atoms with van der Waals surface area (Å²) in [6.07, 6.45) is 0. The molecule has 0 aliphatic rings. The second kappa shape index (κ2) is 5.49. The van der Waals surface area contributed by atoms with Crippen molar-refractivity contribution in [2.24, 2.45) is 0 Å². The Morgan fingerprint density at radius 2 is 1.90 bits per heavy atom. The van der Waals surface area contributed by atoms with Crippen LogP contribution < -0.4 is 5.73 Å². The molecule has 0 unspecified atom stereocenters. The van der Waals surface area contributed by atoms with Gasteiger partial charge in [0.05, 0.1) is 6.54 Å². The van der Waals surface area contributed by atoms with Gasteiger partial charge >= 0.3 is 0 Å². The Hall–Kier alpha value is -2.47. The van der Waals surface area contributed by atoms with Crippen molar-refractivity contribution in [2.45, 2.75) is 6.54 Å². The SMILES string of the molecule is Nc1cc(F)ccc1-c1nnnn1Cc1ccc(Cl)cc1. The van der Waals surface area contributed by atoms with Gasteiger partial charge in [0.1, 0.15) is 5.82 Å². The molecule has 0 atom stereocenters. The maximum absolute atomic E-state index is 13.1. The van der Waals surface area contributed by atoms with Gasteiger partial charge in [-0.25, -0.2) is 9.07 Å². The van der Waals surface area contributed by atoms with E-state index < -0.39 is 5.82 Å². The fourth-order valence-corrected chi connectivity index (χ4v) is 2.13. The maximum atomic E-state index is 13.1. The zero-order valence-electron chi connectivity index (χ0n) is 10.9. The molecule has 0 saturated heterocycles. The van der Waals surface area contributed by atoms with Gasteiger partial charge in [-0.3, -0.25) is 0 Å². The predicted molar refractivity (Wildman–Crippen MR) is 78.2 cm³/mol. The first-order valence-electron chi connectivity index (χ1n) is 6.19. The third kappa shape index (κ3) is 2.85. The van der Waals surface area contributed by atoms with Gasteiger partial charge in [-0.15, -0.1) is 5.10 Å². The molecule has 0 radical (unpaired) electrons. The third-order valence-corrected chi connectivity index (χ3v) is 3.28. The van der Waals surface area contributed by atoms with E-state index in [1.165, 1.54) is 12.1 Å². The van der Waals surface area contributed by atoms with Crippen LogP contribution in [0.1, 0.15) is 5.56 Å². The Morgan fingerprint density at radius 3 is 2.62 bits per heavy atom. The Morgan fingerprint density at radius 1 is 1.14 bits per heavy atom. The van der Waals surface area contributed by atoms with Gasteiger partial charge in [-0.05, 0) is 46.3 Å². The summed E-state index contributed by atoms with van der Waals surface area (Å²) < 4.78 is 14.7. The highest BCUT2D eigenvalue weighted by Gasteiger charge is 2.12. The molecule has 0 bridgehead atoms. The minimum absolute atomic E-state index is 0.294. The summed E-state index contributed by atoms with van der Waals surface area (Å²) >= 11 is 5.86. The van der Waals surface area contributed by atoms with E-state index in [1.807, 2.05) is 12.1 Å². The number of nitrogens with two attached hydrogens (primary N) is 1. The minimum atomic E-state index is -0.395. The molecule has 0 spiro atoms. The van der Waals surface area contributed by atoms with Crippen molar-refractivity contribution in [1.29, 1.82) is 0 Å². The van der Waals surface area contributed by atoms with Gasteiger partial charge in [0.25, 0.3) is 0 Å². The van der Waals surface area contributed by atoms with E-state index in [4.69, 9.17) is 17.3 Å². The molecule has 0 aliphatic heterocycles. The Balaban J connectivity index is 1.95. The molecule has 3 rings (SSSR count). The van der Waals surface area contributed by atoms with Gasteiger partial charge in [0.2, 0.25) is 0 Å². The average Bonchev–Trinajstić information content (AvgIpc) is 2.89. The Labute approximate surface area is 125 Å². The number of nitrogen functional groups attached to an aromatic ring is 1. The molecule has 0 fully saturated rings. The summed E-state index contributed by atoms with van der Waals surface area (Å²) in [5.74, 6) is 0.0930. The molecule has 2 N–H and O–H groups in total. The van der Waals surface area contributed by atoms with Crippen LogP contribution in [-0.4, -0.2) is 20.2 Å². The molecular formula is C14H11ClFN5. The van der Waals surface area contributed by atoms with Gasteiger partial charge in [0, 0.05) is 16.3 Å². The molecule has 7 heteroatoms. The number of halogens is 2. The van der Waals surface area contributed by atoms with E-state index in [0.29, 0.717) is 28.6 Å². The lowest BCUT2D eigenvalue weighted by Gasteiger charge is -2.07. The number of benzene rings is 2. The molecule has 0 aliphatic carbocycles. The maximum Gasteiger partial charge on any atom is 0.184 e. The molecule has 1 heterocycles. The first-order valence-corrected chi connectivity index (χ1v) is 6.57. The third-order valence-electron chi connectivity index (χ3n) is 3.03. The fraction of sp³-hybridized carbons (Fsp3) is 0.0714. The van der Waals surface area contributed by atoms with E-state index in [-0.39, 0.29) is 0 Å². The molecule has 21 heavy (non-hydrogen) atoms. The lowest BCUT2D eigenvalue weighted by molar-refractivity contribution is 0.628. The number of hydrogen-bond donors (Lipinski definition) is 1. The van der Waals surface area contributed by atoms with Gasteiger partial charge in [-0.1, -0.05) is 23.7 Å². The molecule has 3 aromatic rings. The first-order chi connectivity index (χ1) is 10.1. The zero-order valence-corrected chi connectivity index (χ0v) is 11.6. The second-order valence-electron chi connectivity index (χ2n) is 4.52. The molecule has 106 valence electrons. The minimum Gasteiger partial charge on any atom is -0.398 e. The highest BCUT2D eigenvalue weighted by atomic mass is 35.5. The molecule has 0 amide bonds. The van der Waals surface area contributed by atoms with E-state index >= 15 is 0 Å². The second-order valence-corrected chi connectivity index (χ2v) is 4.95. The van der Waals surface area contributed by atoms with Crippen LogP contribution in [0, 0.1) is 5.82 Å². The van der Waals surface area contributed by atoms with Crippen LogP contribution in [0.2, 0.25) is 5.02 Å². The zero-order chi connectivity index (χ0) is 14.8. The van der Waals surface area contributed by atoms with Crippen molar-refractivity contribution < 1.29 is 4.39 Å². The van der Waals surface area contributed by atoms with Crippen molar-refractivity contribution in [3.05, 3.63) is 58.9 Å². The molecule has 1 aromatic heterocycles. The molecule has 0 saturated carbocycles. The van der Waals surface area contributed by atoms with Crippen LogP contribution in [0.4, 0.5) is 10.1 Å². The number of tetrazole rings is 1. The van der Waals surface area contributed by atoms with Gasteiger partial charge < -0.3 is 5.73 Å². The van der Waals surface area contributed by atoms with Crippen molar-refractivity contribution >= 4 is 17.3 Å². The summed E-state index contributed by atoms with van der Waals surface area (Å²) in [5, 5.41) is 12.2. The highest BCUT2D eigenvalue weighted by molar-refractivity contribution is 6.30. The molecular weight excluding hydrogens is 293 g/mol. The summed E-state index contributed by atoms with van der Waals surface area (Å²) in [5.41, 5.74) is 7.71.